The summed E-state index contributed by atoms with van der Waals surface area (Å²) in [7, 11) is 0. The van der Waals surface area contributed by atoms with E-state index in [-0.39, 0.29) is 5.91 Å². The van der Waals surface area contributed by atoms with Crippen molar-refractivity contribution in [2.45, 2.75) is 50.5 Å². The Morgan fingerprint density at radius 2 is 2.10 bits per heavy atom. The first-order chi connectivity index (χ1) is 14.1. The minimum Gasteiger partial charge on any atom is -0.357 e. The van der Waals surface area contributed by atoms with Crippen molar-refractivity contribution in [1.29, 1.82) is 0 Å². The minimum atomic E-state index is -4.62. The summed E-state index contributed by atoms with van der Waals surface area (Å²) in [4.78, 5) is 19.7. The third-order valence-electron chi connectivity index (χ3n) is 5.92. The van der Waals surface area contributed by atoms with Crippen molar-refractivity contribution < 1.29 is 22.4 Å². The summed E-state index contributed by atoms with van der Waals surface area (Å²) in [6.07, 6.45) is 1.00. The van der Waals surface area contributed by atoms with Crippen molar-refractivity contribution in [2.24, 2.45) is 5.92 Å². The molecule has 0 radical (unpaired) electrons. The predicted molar refractivity (Wildman–Crippen MR) is 100 cm³/mol. The fraction of sp³-hybridized carbons (Fsp3) is 0.450. The van der Waals surface area contributed by atoms with E-state index < -0.39 is 29.7 Å². The maximum Gasteiger partial charge on any atom is 0.398 e. The summed E-state index contributed by atoms with van der Waals surface area (Å²) < 4.78 is 53.1. The number of aromatic nitrogens is 4. The van der Waals surface area contributed by atoms with E-state index in [1.54, 1.807) is 20.0 Å². The normalized spacial score (nSPS) is 23.7. The number of nitrogens with one attached hydrogen (secondary N) is 3. The van der Waals surface area contributed by atoms with E-state index in [1.807, 2.05) is 0 Å². The topological polar surface area (TPSA) is 86.5 Å². The smallest absolute Gasteiger partial charge is 0.357 e. The molecule has 2 aromatic rings. The fourth-order valence-corrected chi connectivity index (χ4v) is 4.08. The molecule has 0 spiro atoms. The first-order valence-corrected chi connectivity index (χ1v) is 9.59. The lowest BCUT2D eigenvalue weighted by Gasteiger charge is -2.26. The average molecular weight is 423 g/mol. The van der Waals surface area contributed by atoms with Gasteiger partial charge in [-0.1, -0.05) is 12.2 Å². The summed E-state index contributed by atoms with van der Waals surface area (Å²) in [6.45, 7) is 3.54. The van der Waals surface area contributed by atoms with Crippen molar-refractivity contribution in [2.75, 3.05) is 0 Å². The van der Waals surface area contributed by atoms with Gasteiger partial charge in [-0.2, -0.15) is 18.3 Å². The molecule has 6 nitrogen and oxygen atoms in total. The lowest BCUT2D eigenvalue weighted by Crippen LogP contribution is -2.31. The fourth-order valence-electron chi connectivity index (χ4n) is 4.08. The third kappa shape index (κ3) is 3.44. The van der Waals surface area contributed by atoms with Crippen LogP contribution in [-0.2, 0) is 5.41 Å². The average Bonchev–Trinajstić information content (AvgIpc) is 3.10. The van der Waals surface area contributed by atoms with Crippen molar-refractivity contribution in [3.8, 4) is 0 Å². The zero-order valence-corrected chi connectivity index (χ0v) is 16.3. The molecule has 2 aliphatic carbocycles. The number of hydrogen-bond acceptors (Lipinski definition) is 3. The second-order valence-electron chi connectivity index (χ2n) is 7.84. The van der Waals surface area contributed by atoms with Crippen LogP contribution >= 0.6 is 0 Å². The number of allylic oxidation sites excluding steroid dienone is 4. The Morgan fingerprint density at radius 1 is 1.37 bits per heavy atom. The molecule has 3 unspecified atom stereocenters. The molecule has 0 aliphatic heterocycles. The maximum absolute atomic E-state index is 14.2. The van der Waals surface area contributed by atoms with Gasteiger partial charge in [-0.15, -0.1) is 0 Å². The van der Waals surface area contributed by atoms with Crippen LogP contribution in [0.15, 0.2) is 36.3 Å². The monoisotopic (exact) mass is 423 g/mol. The number of amides is 1. The third-order valence-corrected chi connectivity index (χ3v) is 5.92. The van der Waals surface area contributed by atoms with E-state index in [1.165, 1.54) is 12.4 Å². The number of carbonyl (C=O) groups is 1. The highest BCUT2D eigenvalue weighted by molar-refractivity contribution is 5.94. The number of aromatic amines is 2. The van der Waals surface area contributed by atoms with E-state index in [0.717, 1.165) is 17.7 Å². The van der Waals surface area contributed by atoms with Gasteiger partial charge in [-0.3, -0.25) is 9.89 Å². The number of halogens is 4. The Morgan fingerprint density at radius 3 is 2.67 bits per heavy atom. The second kappa shape index (κ2) is 7.10. The summed E-state index contributed by atoms with van der Waals surface area (Å²) in [5.74, 6) is -1.95. The predicted octanol–water partition coefficient (Wildman–Crippen LogP) is 3.98. The van der Waals surface area contributed by atoms with Gasteiger partial charge in [0.05, 0.1) is 6.04 Å². The van der Waals surface area contributed by atoms with Crippen molar-refractivity contribution >= 4 is 5.91 Å². The molecule has 3 atom stereocenters. The van der Waals surface area contributed by atoms with Crippen LogP contribution in [0.1, 0.15) is 53.2 Å². The molecular weight excluding hydrogens is 402 g/mol. The van der Waals surface area contributed by atoms with Gasteiger partial charge in [0, 0.05) is 11.6 Å². The van der Waals surface area contributed by atoms with Crippen LogP contribution in [-0.4, -0.2) is 38.4 Å². The number of nitrogens with zero attached hydrogens (tertiary/aromatic N) is 2. The van der Waals surface area contributed by atoms with Crippen LogP contribution in [0.2, 0.25) is 0 Å². The zero-order chi connectivity index (χ0) is 21.7. The highest BCUT2D eigenvalue weighted by Gasteiger charge is 2.51. The van der Waals surface area contributed by atoms with E-state index in [0.29, 0.717) is 35.5 Å². The molecule has 1 saturated carbocycles. The lowest BCUT2D eigenvalue weighted by molar-refractivity contribution is -0.171. The molecule has 4 rings (SSSR count). The zero-order valence-electron chi connectivity index (χ0n) is 16.3. The van der Waals surface area contributed by atoms with E-state index in [4.69, 9.17) is 0 Å². The van der Waals surface area contributed by atoms with Gasteiger partial charge in [0.1, 0.15) is 29.9 Å². The molecule has 2 heterocycles. The summed E-state index contributed by atoms with van der Waals surface area (Å²) in [5.41, 5.74) is 1.81. The van der Waals surface area contributed by atoms with E-state index in [9.17, 15) is 22.4 Å². The molecule has 30 heavy (non-hydrogen) atoms. The quantitative estimate of drug-likeness (QED) is 0.636. The first-order valence-electron chi connectivity index (χ1n) is 9.59. The maximum atomic E-state index is 14.2. The van der Waals surface area contributed by atoms with Gasteiger partial charge in [0.25, 0.3) is 5.91 Å². The Bertz CT molecular complexity index is 1000. The molecular formula is C20H21F4N5O. The van der Waals surface area contributed by atoms with Crippen LogP contribution in [0, 0.1) is 12.8 Å². The molecule has 1 amide bonds. The van der Waals surface area contributed by atoms with Crippen LogP contribution in [0.25, 0.3) is 0 Å². The summed E-state index contributed by atoms with van der Waals surface area (Å²) in [5, 5.41) is 9.26. The largest absolute Gasteiger partial charge is 0.398 e. The van der Waals surface area contributed by atoms with Crippen molar-refractivity contribution in [1.82, 2.24) is 25.5 Å². The van der Waals surface area contributed by atoms with Gasteiger partial charge < -0.3 is 10.3 Å². The molecule has 3 N–H and O–H groups in total. The Balaban J connectivity index is 1.55. The molecule has 10 heteroatoms. The minimum absolute atomic E-state index is 0.341. The molecule has 0 saturated heterocycles. The number of carbonyl (C=O) groups excluding carboxylic acids is 1. The van der Waals surface area contributed by atoms with Crippen molar-refractivity contribution in [3.05, 3.63) is 59.0 Å². The Kier molecular flexibility index (Phi) is 4.82. The Labute approximate surface area is 169 Å². The summed E-state index contributed by atoms with van der Waals surface area (Å²) in [6, 6.07) is -0.392. The first kappa shape index (κ1) is 20.4. The number of alkyl halides is 4. The van der Waals surface area contributed by atoms with Crippen LogP contribution in [0.3, 0.4) is 0 Å². The van der Waals surface area contributed by atoms with Gasteiger partial charge >= 0.3 is 6.18 Å². The van der Waals surface area contributed by atoms with Crippen LogP contribution in [0.5, 0.6) is 0 Å². The van der Waals surface area contributed by atoms with Gasteiger partial charge in [-0.25, -0.2) is 9.37 Å². The van der Waals surface area contributed by atoms with Gasteiger partial charge in [0.15, 0.2) is 0 Å². The molecule has 0 bridgehead atoms. The van der Waals surface area contributed by atoms with Crippen LogP contribution < -0.4 is 5.32 Å². The summed E-state index contributed by atoms with van der Waals surface area (Å²) >= 11 is 0. The molecule has 1 fully saturated rings. The molecule has 160 valence electrons. The van der Waals surface area contributed by atoms with E-state index in [2.05, 4.69) is 25.5 Å². The highest BCUT2D eigenvalue weighted by atomic mass is 19.4. The highest BCUT2D eigenvalue weighted by Crippen LogP contribution is 2.56. The van der Waals surface area contributed by atoms with Gasteiger partial charge in [0.2, 0.25) is 0 Å². The molecule has 2 aliphatic rings. The standard InChI is InChI=1S/C20H21F4N5O/c1-10-14(8-25-16(10)18(30)28-11(2)17-26-9-27-29-17)19(5-6-19)12-3-4-13(15(21)7-12)20(22,23)24/h3-4,7-9,11,13,15,25H,5-6H2,1-2H3,(H,28,30)(H,26,27,29). The number of H-pyrrole nitrogens is 2. The van der Waals surface area contributed by atoms with Crippen LogP contribution in [0.4, 0.5) is 17.6 Å². The van der Waals surface area contributed by atoms with Crippen molar-refractivity contribution in [3.63, 3.8) is 0 Å². The lowest BCUT2D eigenvalue weighted by atomic mass is 9.81. The number of hydrogen-bond donors (Lipinski definition) is 3. The molecule has 2 aromatic heterocycles. The second-order valence-corrected chi connectivity index (χ2v) is 7.84. The Hall–Kier alpha value is -2.91. The molecule has 0 aromatic carbocycles. The number of rotatable bonds is 5. The van der Waals surface area contributed by atoms with E-state index >= 15 is 0 Å². The SMILES string of the molecule is Cc1c(C2(C3=CC(F)C(C(F)(F)F)C=C3)CC2)c[nH]c1C(=O)NC(C)c1ncn[nH]1. The van der Waals surface area contributed by atoms with Gasteiger partial charge in [-0.05, 0) is 49.5 Å².